The van der Waals surface area contributed by atoms with Gasteiger partial charge in [-0.3, -0.25) is 0 Å². The van der Waals surface area contributed by atoms with Gasteiger partial charge in [-0.1, -0.05) is 28.9 Å². The van der Waals surface area contributed by atoms with E-state index in [9.17, 15) is 9.50 Å². The van der Waals surface area contributed by atoms with Crippen LogP contribution in [0.15, 0.2) is 34.8 Å². The Bertz CT molecular complexity index is 538. The zero-order valence-corrected chi connectivity index (χ0v) is 12.4. The predicted octanol–water partition coefficient (Wildman–Crippen LogP) is 4.49. The van der Waals surface area contributed by atoms with Crippen LogP contribution in [-0.2, 0) is 12.8 Å². The maximum atomic E-state index is 13.0. The van der Waals surface area contributed by atoms with Crippen molar-refractivity contribution in [2.24, 2.45) is 0 Å². The van der Waals surface area contributed by atoms with Gasteiger partial charge in [0.25, 0.3) is 0 Å². The van der Waals surface area contributed by atoms with E-state index in [2.05, 4.69) is 28.9 Å². The van der Waals surface area contributed by atoms with Gasteiger partial charge in [0.2, 0.25) is 0 Å². The predicted molar refractivity (Wildman–Crippen MR) is 76.5 cm³/mol. The molecule has 0 fully saturated rings. The summed E-state index contributed by atoms with van der Waals surface area (Å²) in [5.74, 6) is -0.304. The lowest BCUT2D eigenvalue weighted by Gasteiger charge is -2.11. The Hall–Kier alpha value is -0.710. The zero-order chi connectivity index (χ0) is 13.1. The highest BCUT2D eigenvalue weighted by Gasteiger charge is 2.13. The van der Waals surface area contributed by atoms with Crippen LogP contribution in [0.3, 0.4) is 0 Å². The Labute approximate surface area is 118 Å². The molecule has 1 heterocycles. The number of aryl methyl sites for hydroxylation is 1. The molecule has 0 spiro atoms. The largest absolute Gasteiger partial charge is 0.388 e. The van der Waals surface area contributed by atoms with Crippen molar-refractivity contribution >= 4 is 27.3 Å². The molecule has 0 amide bonds. The Balaban J connectivity index is 2.13. The smallest absolute Gasteiger partial charge is 0.124 e. The molecule has 4 heteroatoms. The van der Waals surface area contributed by atoms with Gasteiger partial charge in [-0.2, -0.15) is 0 Å². The molecule has 2 aromatic rings. The highest BCUT2D eigenvalue weighted by atomic mass is 79.9. The number of aliphatic hydroxyl groups excluding tert-OH is 1. The van der Waals surface area contributed by atoms with Crippen LogP contribution in [0.25, 0.3) is 0 Å². The molecule has 0 saturated heterocycles. The highest BCUT2D eigenvalue weighted by molar-refractivity contribution is 9.10. The Kier molecular flexibility index (Phi) is 4.54. The second-order valence-electron chi connectivity index (χ2n) is 4.11. The summed E-state index contributed by atoms with van der Waals surface area (Å²) in [6.45, 7) is 2.11. The van der Waals surface area contributed by atoms with E-state index in [4.69, 9.17) is 0 Å². The maximum absolute atomic E-state index is 13.0. The summed E-state index contributed by atoms with van der Waals surface area (Å²) in [6, 6.07) is 8.51. The molecule has 1 N–H and O–H groups in total. The van der Waals surface area contributed by atoms with Crippen molar-refractivity contribution in [1.29, 1.82) is 0 Å². The summed E-state index contributed by atoms with van der Waals surface area (Å²) in [6.07, 6.45) is 0.971. The van der Waals surface area contributed by atoms with E-state index in [0.29, 0.717) is 10.9 Å². The zero-order valence-electron chi connectivity index (χ0n) is 9.99. The van der Waals surface area contributed by atoms with Gasteiger partial charge in [0, 0.05) is 20.6 Å². The first-order valence-electron chi connectivity index (χ1n) is 5.80. The molecular weight excluding hydrogens is 315 g/mol. The van der Waals surface area contributed by atoms with E-state index < -0.39 is 6.10 Å². The minimum absolute atomic E-state index is 0.304. The molecule has 1 aromatic heterocycles. The molecule has 18 heavy (non-hydrogen) atoms. The van der Waals surface area contributed by atoms with E-state index in [1.807, 2.05) is 6.07 Å². The highest BCUT2D eigenvalue weighted by Crippen LogP contribution is 2.29. The van der Waals surface area contributed by atoms with Crippen LogP contribution < -0.4 is 0 Å². The number of hydrogen-bond acceptors (Lipinski definition) is 2. The molecule has 0 aliphatic heterocycles. The molecule has 0 saturated carbocycles. The van der Waals surface area contributed by atoms with Crippen molar-refractivity contribution < 1.29 is 9.50 Å². The lowest BCUT2D eigenvalue weighted by molar-refractivity contribution is 0.178. The lowest BCUT2D eigenvalue weighted by atomic mass is 10.1. The third kappa shape index (κ3) is 3.19. The Morgan fingerprint density at radius 1 is 1.28 bits per heavy atom. The summed E-state index contributed by atoms with van der Waals surface area (Å²) < 4.78 is 13.6. The lowest BCUT2D eigenvalue weighted by Crippen LogP contribution is -2.01. The molecule has 0 aliphatic rings. The molecule has 1 unspecified atom stereocenters. The number of hydrogen-bond donors (Lipinski definition) is 1. The normalized spacial score (nSPS) is 12.7. The van der Waals surface area contributed by atoms with Gasteiger partial charge in [-0.15, -0.1) is 11.3 Å². The van der Waals surface area contributed by atoms with Gasteiger partial charge in [0.1, 0.15) is 5.82 Å². The second-order valence-corrected chi connectivity index (χ2v) is 6.21. The minimum atomic E-state index is -0.608. The van der Waals surface area contributed by atoms with E-state index in [1.165, 1.54) is 17.0 Å². The summed E-state index contributed by atoms with van der Waals surface area (Å²) in [5.41, 5.74) is 0.725. The van der Waals surface area contributed by atoms with E-state index in [0.717, 1.165) is 16.9 Å². The first kappa shape index (κ1) is 13.7. The van der Waals surface area contributed by atoms with Gasteiger partial charge in [0.15, 0.2) is 0 Å². The fraction of sp³-hybridized carbons (Fsp3) is 0.286. The summed E-state index contributed by atoms with van der Waals surface area (Å²) in [7, 11) is 0. The molecular formula is C14H14BrFOS. The summed E-state index contributed by atoms with van der Waals surface area (Å²) >= 11 is 5.00. The summed E-state index contributed by atoms with van der Waals surface area (Å²) in [4.78, 5) is 2.46. The van der Waals surface area contributed by atoms with Crippen LogP contribution in [-0.4, -0.2) is 5.11 Å². The fourth-order valence-corrected chi connectivity index (χ4v) is 3.40. The molecule has 2 rings (SSSR count). The molecule has 1 nitrogen and oxygen atoms in total. The van der Waals surface area contributed by atoms with Crippen LogP contribution in [0.1, 0.15) is 28.3 Å². The van der Waals surface area contributed by atoms with Crippen molar-refractivity contribution in [3.63, 3.8) is 0 Å². The molecule has 0 bridgehead atoms. The van der Waals surface area contributed by atoms with Crippen molar-refractivity contribution in [2.45, 2.75) is 25.9 Å². The van der Waals surface area contributed by atoms with Gasteiger partial charge < -0.3 is 5.11 Å². The Morgan fingerprint density at radius 3 is 2.61 bits per heavy atom. The first-order chi connectivity index (χ1) is 8.60. The van der Waals surface area contributed by atoms with Crippen molar-refractivity contribution in [3.05, 3.63) is 55.9 Å². The van der Waals surface area contributed by atoms with E-state index in [-0.39, 0.29) is 5.82 Å². The van der Waals surface area contributed by atoms with Gasteiger partial charge in [-0.25, -0.2) is 4.39 Å². The van der Waals surface area contributed by atoms with Crippen LogP contribution in [0, 0.1) is 5.82 Å². The van der Waals surface area contributed by atoms with E-state index >= 15 is 0 Å². The monoisotopic (exact) mass is 328 g/mol. The molecule has 1 aromatic carbocycles. The quantitative estimate of drug-likeness (QED) is 0.876. The topological polar surface area (TPSA) is 20.2 Å². The molecule has 96 valence electrons. The maximum Gasteiger partial charge on any atom is 0.124 e. The number of aliphatic hydroxyl groups is 1. The van der Waals surface area contributed by atoms with Crippen LogP contribution in [0.2, 0.25) is 0 Å². The fourth-order valence-electron chi connectivity index (χ4n) is 1.79. The van der Waals surface area contributed by atoms with Gasteiger partial charge in [0.05, 0.1) is 6.10 Å². The van der Waals surface area contributed by atoms with Crippen LogP contribution >= 0.6 is 27.3 Å². The van der Waals surface area contributed by atoms with Crippen LogP contribution in [0.5, 0.6) is 0 Å². The first-order valence-corrected chi connectivity index (χ1v) is 7.41. The SMILES string of the molecule is CCc1ccc(CC(O)c2ccc(F)cc2Br)s1. The molecule has 0 aliphatic carbocycles. The third-order valence-corrected chi connectivity index (χ3v) is 4.72. The third-order valence-electron chi connectivity index (χ3n) is 2.78. The average Bonchev–Trinajstić information content (AvgIpc) is 2.76. The average molecular weight is 329 g/mol. The number of benzene rings is 1. The molecule has 1 atom stereocenters. The van der Waals surface area contributed by atoms with Crippen LogP contribution in [0.4, 0.5) is 4.39 Å². The molecule has 0 radical (unpaired) electrons. The standard InChI is InChI=1S/C14H14BrFOS/c1-2-10-4-5-11(18-10)8-14(17)12-6-3-9(16)7-13(12)15/h3-7,14,17H,2,8H2,1H3. The number of rotatable bonds is 4. The Morgan fingerprint density at radius 2 is 2.00 bits per heavy atom. The van der Waals surface area contributed by atoms with Crippen molar-refractivity contribution in [1.82, 2.24) is 0 Å². The number of halogens is 2. The van der Waals surface area contributed by atoms with Gasteiger partial charge in [-0.05, 0) is 36.2 Å². The second kappa shape index (κ2) is 5.95. The minimum Gasteiger partial charge on any atom is -0.388 e. The summed E-state index contributed by atoms with van der Waals surface area (Å²) in [5, 5.41) is 10.2. The van der Waals surface area contributed by atoms with E-state index in [1.54, 1.807) is 17.4 Å². The van der Waals surface area contributed by atoms with Crippen molar-refractivity contribution in [2.75, 3.05) is 0 Å². The van der Waals surface area contributed by atoms with Gasteiger partial charge >= 0.3 is 0 Å². The van der Waals surface area contributed by atoms with Crippen molar-refractivity contribution in [3.8, 4) is 0 Å². The number of thiophene rings is 1.